The lowest BCUT2D eigenvalue weighted by Crippen LogP contribution is -2.30. The maximum atomic E-state index is 12.8. The monoisotopic (exact) mass is 921 g/mol. The SMILES string of the molecule is CC\C=C/C=C\C=C/C=C\C=C\C=C/CCCCCC(=O)OCC(COC(=O)CCCCCCCCCCCCCCCCC)OC(=O)CCCCCCCCCCCCCCCCCC. The Labute approximate surface area is 408 Å². The summed E-state index contributed by atoms with van der Waals surface area (Å²) in [6.07, 6.45) is 68.8. The highest BCUT2D eigenvalue weighted by Gasteiger charge is 2.19. The Balaban J connectivity index is 4.44. The molecule has 0 saturated carbocycles. The fourth-order valence-corrected chi connectivity index (χ4v) is 7.95. The Hall–Kier alpha value is -3.15. The molecule has 0 aliphatic rings. The van der Waals surface area contributed by atoms with Crippen molar-refractivity contribution in [2.45, 2.75) is 277 Å². The maximum Gasteiger partial charge on any atom is 0.306 e. The predicted octanol–water partition coefficient (Wildman–Crippen LogP) is 18.6. The topological polar surface area (TPSA) is 78.9 Å². The number of rotatable bonds is 50. The number of carbonyl (C=O) groups excluding carboxylic acids is 3. The van der Waals surface area contributed by atoms with Crippen LogP contribution in [0.25, 0.3) is 0 Å². The summed E-state index contributed by atoms with van der Waals surface area (Å²) in [6, 6.07) is 0. The molecule has 0 radical (unpaired) electrons. The van der Waals surface area contributed by atoms with Crippen LogP contribution in [0.4, 0.5) is 0 Å². The van der Waals surface area contributed by atoms with Crippen molar-refractivity contribution in [2.24, 2.45) is 0 Å². The van der Waals surface area contributed by atoms with Gasteiger partial charge in [-0.05, 0) is 38.5 Å². The molecule has 0 rings (SSSR count). The highest BCUT2D eigenvalue weighted by molar-refractivity contribution is 5.71. The van der Waals surface area contributed by atoms with E-state index < -0.39 is 6.10 Å². The van der Waals surface area contributed by atoms with Crippen molar-refractivity contribution in [3.05, 3.63) is 72.9 Å². The van der Waals surface area contributed by atoms with Crippen molar-refractivity contribution in [1.29, 1.82) is 0 Å². The first-order chi connectivity index (χ1) is 32.5. The van der Waals surface area contributed by atoms with Crippen molar-refractivity contribution in [2.75, 3.05) is 13.2 Å². The minimum absolute atomic E-state index is 0.0862. The smallest absolute Gasteiger partial charge is 0.306 e. The largest absolute Gasteiger partial charge is 0.462 e. The second kappa shape index (κ2) is 54.5. The Kier molecular flexibility index (Phi) is 51.9. The van der Waals surface area contributed by atoms with Crippen molar-refractivity contribution < 1.29 is 28.6 Å². The van der Waals surface area contributed by atoms with Gasteiger partial charge in [0.05, 0.1) is 0 Å². The molecule has 0 heterocycles. The van der Waals surface area contributed by atoms with Gasteiger partial charge in [-0.15, -0.1) is 0 Å². The number of carbonyl (C=O) groups is 3. The molecule has 0 aliphatic heterocycles. The summed E-state index contributed by atoms with van der Waals surface area (Å²) in [5.74, 6) is -0.920. The standard InChI is InChI=1S/C60H104O6/c1-4-7-10-13-16-19-22-25-28-30-33-35-38-41-44-47-50-53-59(62)65-56-57(55-64-58(61)52-49-46-43-40-37-34-31-27-24-21-18-15-12-9-6-3)66-60(63)54-51-48-45-42-39-36-32-29-26-23-20-17-14-11-8-5-2/h7,10,13,16,19,22,25,28,30,33,35,38,57H,4-6,8-9,11-12,14-15,17-18,20-21,23-24,26-27,29,31-32,34,36-37,39-56H2,1-3H3/b10-7-,16-13-,22-19-,28-25-,33-30+,38-35-. The van der Waals surface area contributed by atoms with Gasteiger partial charge in [0.1, 0.15) is 13.2 Å². The van der Waals surface area contributed by atoms with E-state index in [-0.39, 0.29) is 31.1 Å². The molecule has 1 atom stereocenters. The number of ether oxygens (including phenoxy) is 3. The summed E-state index contributed by atoms with van der Waals surface area (Å²) in [7, 11) is 0. The number of hydrogen-bond donors (Lipinski definition) is 0. The minimum Gasteiger partial charge on any atom is -0.462 e. The van der Waals surface area contributed by atoms with Gasteiger partial charge in [-0.1, -0.05) is 286 Å². The number of esters is 3. The van der Waals surface area contributed by atoms with Crippen molar-refractivity contribution in [3.8, 4) is 0 Å². The van der Waals surface area contributed by atoms with Crippen LogP contribution in [0, 0.1) is 0 Å². The van der Waals surface area contributed by atoms with Crippen molar-refractivity contribution in [1.82, 2.24) is 0 Å². The molecule has 0 spiro atoms. The van der Waals surface area contributed by atoms with Gasteiger partial charge in [-0.3, -0.25) is 14.4 Å². The molecule has 0 saturated heterocycles. The predicted molar refractivity (Wildman–Crippen MR) is 284 cm³/mol. The van der Waals surface area contributed by atoms with E-state index in [2.05, 4.69) is 32.9 Å². The molecule has 0 aromatic carbocycles. The Morgan fingerprint density at radius 3 is 0.924 bits per heavy atom. The minimum atomic E-state index is -0.790. The summed E-state index contributed by atoms with van der Waals surface area (Å²) in [4.78, 5) is 38.1. The third-order valence-electron chi connectivity index (χ3n) is 12.1. The van der Waals surface area contributed by atoms with Crippen LogP contribution in [-0.2, 0) is 28.6 Å². The van der Waals surface area contributed by atoms with E-state index in [1.54, 1.807) is 0 Å². The molecular formula is C60H104O6. The Morgan fingerprint density at radius 2 is 0.591 bits per heavy atom. The van der Waals surface area contributed by atoms with Crippen LogP contribution in [0.5, 0.6) is 0 Å². The average molecular weight is 921 g/mol. The molecule has 0 aromatic rings. The van der Waals surface area contributed by atoms with E-state index in [0.717, 1.165) is 70.6 Å². The van der Waals surface area contributed by atoms with E-state index in [9.17, 15) is 14.4 Å². The van der Waals surface area contributed by atoms with Gasteiger partial charge in [-0.2, -0.15) is 0 Å². The van der Waals surface area contributed by atoms with Gasteiger partial charge in [-0.25, -0.2) is 0 Å². The number of unbranched alkanes of at least 4 members (excludes halogenated alkanes) is 32. The third kappa shape index (κ3) is 51.8. The van der Waals surface area contributed by atoms with Crippen molar-refractivity contribution >= 4 is 17.9 Å². The molecule has 0 N–H and O–H groups in total. The molecule has 0 aliphatic carbocycles. The van der Waals surface area contributed by atoms with Gasteiger partial charge < -0.3 is 14.2 Å². The second-order valence-electron chi connectivity index (χ2n) is 18.6. The van der Waals surface area contributed by atoms with E-state index in [1.165, 1.54) is 161 Å². The second-order valence-corrected chi connectivity index (χ2v) is 18.6. The molecule has 66 heavy (non-hydrogen) atoms. The molecule has 0 amide bonds. The molecule has 380 valence electrons. The maximum absolute atomic E-state index is 12.8. The molecule has 0 bridgehead atoms. The third-order valence-corrected chi connectivity index (χ3v) is 12.1. The average Bonchev–Trinajstić information content (AvgIpc) is 3.31. The summed E-state index contributed by atoms with van der Waals surface area (Å²) in [6.45, 7) is 6.49. The number of allylic oxidation sites excluding steroid dienone is 12. The molecule has 0 aromatic heterocycles. The van der Waals surface area contributed by atoms with Crippen LogP contribution < -0.4 is 0 Å². The highest BCUT2D eigenvalue weighted by Crippen LogP contribution is 2.16. The lowest BCUT2D eigenvalue weighted by Gasteiger charge is -2.18. The summed E-state index contributed by atoms with van der Waals surface area (Å²) < 4.78 is 16.8. The lowest BCUT2D eigenvalue weighted by atomic mass is 10.0. The quantitative estimate of drug-likeness (QED) is 0.0262. The van der Waals surface area contributed by atoms with Crippen LogP contribution >= 0.6 is 0 Å². The summed E-state index contributed by atoms with van der Waals surface area (Å²) >= 11 is 0. The molecular weight excluding hydrogens is 817 g/mol. The van der Waals surface area contributed by atoms with E-state index in [1.807, 2.05) is 60.8 Å². The molecule has 6 heteroatoms. The van der Waals surface area contributed by atoms with E-state index >= 15 is 0 Å². The summed E-state index contributed by atoms with van der Waals surface area (Å²) in [5.41, 5.74) is 0. The molecule has 6 nitrogen and oxygen atoms in total. The van der Waals surface area contributed by atoms with Crippen LogP contribution in [0.2, 0.25) is 0 Å². The van der Waals surface area contributed by atoms with Crippen LogP contribution in [0.3, 0.4) is 0 Å². The first-order valence-corrected chi connectivity index (χ1v) is 28.0. The molecule has 1 unspecified atom stereocenters. The zero-order valence-corrected chi connectivity index (χ0v) is 43.4. The fourth-order valence-electron chi connectivity index (χ4n) is 7.95. The van der Waals surface area contributed by atoms with Gasteiger partial charge in [0.25, 0.3) is 0 Å². The van der Waals surface area contributed by atoms with E-state index in [0.29, 0.717) is 19.3 Å². The van der Waals surface area contributed by atoms with Crippen LogP contribution in [-0.4, -0.2) is 37.2 Å². The Bertz CT molecular complexity index is 1240. The molecule has 0 fully saturated rings. The van der Waals surface area contributed by atoms with Gasteiger partial charge in [0, 0.05) is 19.3 Å². The van der Waals surface area contributed by atoms with Gasteiger partial charge in [0.2, 0.25) is 0 Å². The first-order valence-electron chi connectivity index (χ1n) is 28.0. The first kappa shape index (κ1) is 62.8. The van der Waals surface area contributed by atoms with Crippen LogP contribution in [0.15, 0.2) is 72.9 Å². The van der Waals surface area contributed by atoms with E-state index in [4.69, 9.17) is 14.2 Å². The van der Waals surface area contributed by atoms with Gasteiger partial charge in [0.15, 0.2) is 6.10 Å². The Morgan fingerprint density at radius 1 is 0.318 bits per heavy atom. The summed E-state index contributed by atoms with van der Waals surface area (Å²) in [5, 5.41) is 0. The normalized spacial score (nSPS) is 12.6. The zero-order valence-electron chi connectivity index (χ0n) is 43.4. The van der Waals surface area contributed by atoms with Crippen LogP contribution in [0.1, 0.15) is 271 Å². The lowest BCUT2D eigenvalue weighted by molar-refractivity contribution is -0.167. The zero-order chi connectivity index (χ0) is 47.9. The van der Waals surface area contributed by atoms with Crippen molar-refractivity contribution in [3.63, 3.8) is 0 Å². The van der Waals surface area contributed by atoms with Gasteiger partial charge >= 0.3 is 17.9 Å². The fraction of sp³-hybridized carbons (Fsp3) is 0.750. The number of hydrogen-bond acceptors (Lipinski definition) is 6. The highest BCUT2D eigenvalue weighted by atomic mass is 16.6.